The molecule has 20 heavy (non-hydrogen) atoms. The number of hydrogen-bond acceptors (Lipinski definition) is 6. The minimum atomic E-state index is -4.33. The van der Waals surface area contributed by atoms with E-state index in [1.54, 1.807) is 18.6 Å². The lowest BCUT2D eigenvalue weighted by atomic mass is 10.3. The zero-order valence-electron chi connectivity index (χ0n) is 10.9. The predicted molar refractivity (Wildman–Crippen MR) is 67.5 cm³/mol. The summed E-state index contributed by atoms with van der Waals surface area (Å²) in [6, 6.07) is 0. The van der Waals surface area contributed by atoms with Gasteiger partial charge in [0.1, 0.15) is 5.56 Å². The Labute approximate surface area is 114 Å². The summed E-state index contributed by atoms with van der Waals surface area (Å²) in [7, 11) is -2.98. The topological polar surface area (TPSA) is 140 Å². The molecule has 1 heterocycles. The Balaban J connectivity index is 2.89. The Hall–Kier alpha value is -2.30. The number of carbonyl (C=O) groups is 2. The number of nitrogens with one attached hydrogen (secondary N) is 2. The van der Waals surface area contributed by atoms with Crippen LogP contribution in [0.4, 0.5) is 10.6 Å². The van der Waals surface area contributed by atoms with Crippen molar-refractivity contribution in [1.82, 2.24) is 14.5 Å². The molecule has 0 atom stereocenters. The molecule has 0 aliphatic carbocycles. The number of anilines is 1. The summed E-state index contributed by atoms with van der Waals surface area (Å²) in [6.45, 7) is 3.09. The van der Waals surface area contributed by atoms with E-state index in [4.69, 9.17) is 5.11 Å². The molecule has 0 aliphatic heterocycles. The number of nitrogens with zero attached hydrogens (tertiary/aromatic N) is 2. The first-order chi connectivity index (χ1) is 9.12. The Kier molecular flexibility index (Phi) is 4.55. The first-order valence-corrected chi connectivity index (χ1v) is 6.87. The van der Waals surface area contributed by atoms with Crippen LogP contribution in [0.3, 0.4) is 0 Å². The molecule has 1 aromatic heterocycles. The molecule has 11 heteroatoms. The highest BCUT2D eigenvalue weighted by Gasteiger charge is 2.22. The monoisotopic (exact) mass is 306 g/mol. The van der Waals surface area contributed by atoms with Gasteiger partial charge in [-0.25, -0.2) is 19.0 Å². The van der Waals surface area contributed by atoms with Crippen LogP contribution in [0, 0.1) is 0 Å². The molecule has 0 unspecified atom stereocenters. The molecule has 0 saturated heterocycles. The average Bonchev–Trinajstić information content (AvgIpc) is 2.57. The van der Waals surface area contributed by atoms with Crippen molar-refractivity contribution in [2.75, 3.05) is 4.72 Å². The van der Waals surface area contributed by atoms with Crippen LogP contribution in [-0.2, 0) is 22.0 Å². The molecule has 0 radical (unpaired) electrons. The molecule has 1 amide bonds. The van der Waals surface area contributed by atoms with E-state index in [0.717, 1.165) is 10.9 Å². The van der Waals surface area contributed by atoms with Crippen LogP contribution in [0.5, 0.6) is 0 Å². The van der Waals surface area contributed by atoms with Crippen LogP contribution >= 0.6 is 0 Å². The normalized spacial score (nSPS) is 11.2. The fourth-order valence-corrected chi connectivity index (χ4v) is 2.03. The SMILES string of the molecule is CC(C)OC(=O)NS(=O)(=O)Nc1c(C(=O)O)cnn1C. The largest absolute Gasteiger partial charge is 0.477 e. The van der Waals surface area contributed by atoms with Crippen molar-refractivity contribution in [1.29, 1.82) is 0 Å². The third kappa shape index (κ3) is 4.12. The van der Waals surface area contributed by atoms with Crippen LogP contribution in [0.2, 0.25) is 0 Å². The number of ether oxygens (including phenoxy) is 1. The minimum Gasteiger partial charge on any atom is -0.477 e. The van der Waals surface area contributed by atoms with Crippen molar-refractivity contribution in [2.45, 2.75) is 20.0 Å². The maximum Gasteiger partial charge on any atom is 0.422 e. The summed E-state index contributed by atoms with van der Waals surface area (Å²) in [5, 5.41) is 12.5. The highest BCUT2D eigenvalue weighted by atomic mass is 32.2. The molecule has 10 nitrogen and oxygen atoms in total. The first kappa shape index (κ1) is 15.8. The Morgan fingerprint density at radius 3 is 2.55 bits per heavy atom. The van der Waals surface area contributed by atoms with Gasteiger partial charge in [-0.05, 0) is 13.8 Å². The van der Waals surface area contributed by atoms with E-state index in [1.807, 2.05) is 4.72 Å². The van der Waals surface area contributed by atoms with Gasteiger partial charge in [0.15, 0.2) is 5.82 Å². The number of aromatic carboxylic acids is 1. The number of carbonyl (C=O) groups excluding carboxylic acids is 1. The van der Waals surface area contributed by atoms with Gasteiger partial charge >= 0.3 is 22.3 Å². The van der Waals surface area contributed by atoms with E-state index in [1.165, 1.54) is 7.05 Å². The van der Waals surface area contributed by atoms with Gasteiger partial charge < -0.3 is 9.84 Å². The quantitative estimate of drug-likeness (QED) is 0.690. The molecular weight excluding hydrogens is 292 g/mol. The summed E-state index contributed by atoms with van der Waals surface area (Å²) in [5.74, 6) is -1.65. The molecule has 0 fully saturated rings. The van der Waals surface area contributed by atoms with Crippen molar-refractivity contribution in [3.05, 3.63) is 11.8 Å². The van der Waals surface area contributed by atoms with Crippen LogP contribution in [-0.4, -0.2) is 41.5 Å². The summed E-state index contributed by atoms with van der Waals surface area (Å²) in [4.78, 5) is 22.1. The second-order valence-electron chi connectivity index (χ2n) is 4.00. The van der Waals surface area contributed by atoms with Gasteiger partial charge in [-0.1, -0.05) is 0 Å². The highest BCUT2D eigenvalue weighted by molar-refractivity contribution is 7.91. The van der Waals surface area contributed by atoms with Crippen LogP contribution in [0.1, 0.15) is 24.2 Å². The van der Waals surface area contributed by atoms with Crippen LogP contribution < -0.4 is 9.44 Å². The number of hydrogen-bond donors (Lipinski definition) is 3. The molecule has 0 aliphatic rings. The molecule has 0 aromatic carbocycles. The molecular formula is C9H14N4O6S. The number of carboxylic acid groups (broad SMARTS) is 1. The average molecular weight is 306 g/mol. The lowest BCUT2D eigenvalue weighted by molar-refractivity contribution is 0.0698. The number of aryl methyl sites for hydroxylation is 1. The highest BCUT2D eigenvalue weighted by Crippen LogP contribution is 2.14. The van der Waals surface area contributed by atoms with Gasteiger partial charge in [-0.15, -0.1) is 0 Å². The minimum absolute atomic E-state index is 0.289. The maximum atomic E-state index is 11.7. The van der Waals surface area contributed by atoms with Crippen molar-refractivity contribution < 1.29 is 27.9 Å². The van der Waals surface area contributed by atoms with Crippen molar-refractivity contribution in [2.24, 2.45) is 7.05 Å². The van der Waals surface area contributed by atoms with Crippen molar-refractivity contribution >= 4 is 28.1 Å². The fourth-order valence-electron chi connectivity index (χ4n) is 1.22. The zero-order valence-corrected chi connectivity index (χ0v) is 11.8. The van der Waals surface area contributed by atoms with Gasteiger partial charge in [0.25, 0.3) is 0 Å². The van der Waals surface area contributed by atoms with Gasteiger partial charge in [0.05, 0.1) is 12.3 Å². The van der Waals surface area contributed by atoms with Gasteiger partial charge in [0, 0.05) is 7.05 Å². The lowest BCUT2D eigenvalue weighted by Gasteiger charge is -2.12. The van der Waals surface area contributed by atoms with Gasteiger partial charge in [-0.3, -0.25) is 4.68 Å². The first-order valence-electron chi connectivity index (χ1n) is 5.39. The van der Waals surface area contributed by atoms with E-state index < -0.39 is 28.4 Å². The van der Waals surface area contributed by atoms with E-state index in [0.29, 0.717) is 0 Å². The molecule has 112 valence electrons. The van der Waals surface area contributed by atoms with Crippen LogP contribution in [0.25, 0.3) is 0 Å². The summed E-state index contributed by atoms with van der Waals surface area (Å²) >= 11 is 0. The number of carboxylic acids is 1. The predicted octanol–water partition coefficient (Wildman–Crippen LogP) is -0.0904. The van der Waals surface area contributed by atoms with Crippen molar-refractivity contribution in [3.8, 4) is 0 Å². The smallest absolute Gasteiger partial charge is 0.422 e. The van der Waals surface area contributed by atoms with Crippen molar-refractivity contribution in [3.63, 3.8) is 0 Å². The second kappa shape index (κ2) is 5.77. The molecule has 0 saturated carbocycles. The number of amides is 1. The van der Waals surface area contributed by atoms with E-state index in [2.05, 4.69) is 9.84 Å². The number of aromatic nitrogens is 2. The molecule has 1 rings (SSSR count). The fraction of sp³-hybridized carbons (Fsp3) is 0.444. The zero-order chi connectivity index (χ0) is 15.5. The van der Waals surface area contributed by atoms with E-state index >= 15 is 0 Å². The standard InChI is InChI=1S/C9H14N4O6S/c1-5(2)19-9(16)12-20(17,18)11-7-6(8(14)15)4-10-13(7)3/h4-5,11H,1-3H3,(H,12,16)(H,14,15). The van der Waals surface area contributed by atoms with Crippen LogP contribution in [0.15, 0.2) is 6.20 Å². The Bertz CT molecular complexity index is 620. The Morgan fingerprint density at radius 2 is 2.05 bits per heavy atom. The molecule has 1 aromatic rings. The van der Waals surface area contributed by atoms with Gasteiger partial charge in [-0.2, -0.15) is 13.5 Å². The van der Waals surface area contributed by atoms with Gasteiger partial charge in [0.2, 0.25) is 0 Å². The molecule has 0 spiro atoms. The van der Waals surface area contributed by atoms with E-state index in [-0.39, 0.29) is 11.4 Å². The second-order valence-corrected chi connectivity index (χ2v) is 5.41. The third-order valence-electron chi connectivity index (χ3n) is 1.96. The van der Waals surface area contributed by atoms with E-state index in [9.17, 15) is 18.0 Å². The maximum absolute atomic E-state index is 11.7. The lowest BCUT2D eigenvalue weighted by Crippen LogP contribution is -2.37. The summed E-state index contributed by atoms with van der Waals surface area (Å²) in [6.07, 6.45) is -0.699. The third-order valence-corrected chi connectivity index (χ3v) is 2.86. The summed E-state index contributed by atoms with van der Waals surface area (Å²) in [5.41, 5.74) is -0.352. The molecule has 3 N–H and O–H groups in total. The summed E-state index contributed by atoms with van der Waals surface area (Å²) < 4.78 is 32.4. The molecule has 0 bridgehead atoms. The number of rotatable bonds is 5. The Morgan fingerprint density at radius 1 is 1.45 bits per heavy atom.